The molecule has 6 nitrogen and oxygen atoms in total. The molecule has 1 fully saturated rings. The van der Waals surface area contributed by atoms with Gasteiger partial charge in [-0.25, -0.2) is 4.79 Å². The average Bonchev–Trinajstić information content (AvgIpc) is 3.30. The number of benzene rings is 1. The molecule has 1 atom stereocenters. The van der Waals surface area contributed by atoms with Gasteiger partial charge in [0.1, 0.15) is 17.6 Å². The Balaban J connectivity index is 1.53. The van der Waals surface area contributed by atoms with Crippen LogP contribution in [-0.4, -0.2) is 35.7 Å². The van der Waals surface area contributed by atoms with Crippen molar-refractivity contribution >= 4 is 22.6 Å². The highest BCUT2D eigenvalue weighted by atomic mass is 16.5. The Morgan fingerprint density at radius 3 is 3.08 bits per heavy atom. The summed E-state index contributed by atoms with van der Waals surface area (Å²) in [5, 5.41) is 4.05. The smallest absolute Gasteiger partial charge is 0.322 e. The van der Waals surface area contributed by atoms with Crippen LogP contribution in [0.2, 0.25) is 0 Å². The second-order valence-electron chi connectivity index (χ2n) is 6.15. The largest absolute Gasteiger partial charge is 0.464 e. The van der Waals surface area contributed by atoms with Crippen molar-refractivity contribution in [1.82, 2.24) is 9.88 Å². The van der Waals surface area contributed by atoms with Gasteiger partial charge in [-0.1, -0.05) is 6.92 Å². The maximum absolute atomic E-state index is 12.8. The number of aryl methyl sites for hydroxylation is 1. The predicted octanol–water partition coefficient (Wildman–Crippen LogP) is 3.93. The summed E-state index contributed by atoms with van der Waals surface area (Å²) in [6.07, 6.45) is 2.72. The van der Waals surface area contributed by atoms with E-state index in [0.29, 0.717) is 19.8 Å². The van der Waals surface area contributed by atoms with Crippen LogP contribution in [-0.2, 0) is 11.2 Å². The molecule has 0 spiro atoms. The van der Waals surface area contributed by atoms with Crippen LogP contribution >= 0.6 is 0 Å². The van der Waals surface area contributed by atoms with E-state index in [1.54, 1.807) is 4.90 Å². The zero-order chi connectivity index (χ0) is 17.2. The van der Waals surface area contributed by atoms with E-state index < -0.39 is 0 Å². The standard InChI is InChI=1S/C19H21N3O3/c1-2-15-4-6-18(25-15)17-12-24-10-9-22(17)19(23)21-14-3-5-16-13(11-14)7-8-20-16/h3-8,11,17,20H,2,9-10,12H2,1H3,(H,21,23). The lowest BCUT2D eigenvalue weighted by molar-refractivity contribution is 0.00702. The molecule has 4 rings (SSSR count). The Labute approximate surface area is 145 Å². The number of amides is 2. The zero-order valence-electron chi connectivity index (χ0n) is 14.1. The SMILES string of the molecule is CCc1ccc(C2COCCN2C(=O)Nc2ccc3[nH]ccc3c2)o1. The molecule has 2 N–H and O–H groups in total. The zero-order valence-corrected chi connectivity index (χ0v) is 14.1. The number of carbonyl (C=O) groups is 1. The molecule has 0 saturated carbocycles. The summed E-state index contributed by atoms with van der Waals surface area (Å²) in [5.41, 5.74) is 1.82. The van der Waals surface area contributed by atoms with Gasteiger partial charge in [0.2, 0.25) is 0 Å². The number of carbonyl (C=O) groups excluding carboxylic acids is 1. The molecule has 3 heterocycles. The van der Waals surface area contributed by atoms with Gasteiger partial charge in [-0.15, -0.1) is 0 Å². The van der Waals surface area contributed by atoms with Crippen LogP contribution in [0, 0.1) is 0 Å². The van der Waals surface area contributed by atoms with Crippen LogP contribution in [0.1, 0.15) is 24.5 Å². The Bertz CT molecular complexity index is 883. The summed E-state index contributed by atoms with van der Waals surface area (Å²) in [7, 11) is 0. The second kappa shape index (κ2) is 6.64. The summed E-state index contributed by atoms with van der Waals surface area (Å²) in [6.45, 7) is 3.55. The van der Waals surface area contributed by atoms with Gasteiger partial charge >= 0.3 is 6.03 Å². The first-order valence-electron chi connectivity index (χ1n) is 8.55. The van der Waals surface area contributed by atoms with Crippen LogP contribution in [0.5, 0.6) is 0 Å². The molecule has 0 bridgehead atoms. The lowest BCUT2D eigenvalue weighted by Crippen LogP contribution is -2.45. The molecule has 2 aromatic heterocycles. The number of aromatic amines is 1. The molecule has 1 unspecified atom stereocenters. The minimum atomic E-state index is -0.204. The van der Waals surface area contributed by atoms with Crippen molar-refractivity contribution in [1.29, 1.82) is 0 Å². The van der Waals surface area contributed by atoms with Crippen LogP contribution in [0.3, 0.4) is 0 Å². The molecular formula is C19H21N3O3. The van der Waals surface area contributed by atoms with E-state index in [-0.39, 0.29) is 12.1 Å². The third-order valence-electron chi connectivity index (χ3n) is 4.55. The fourth-order valence-corrected chi connectivity index (χ4v) is 3.17. The summed E-state index contributed by atoms with van der Waals surface area (Å²) in [4.78, 5) is 17.7. The number of furan rings is 1. The first-order valence-corrected chi connectivity index (χ1v) is 8.55. The summed E-state index contributed by atoms with van der Waals surface area (Å²) < 4.78 is 11.4. The molecule has 2 amide bonds. The van der Waals surface area contributed by atoms with Crippen LogP contribution in [0.4, 0.5) is 10.5 Å². The Morgan fingerprint density at radius 2 is 2.24 bits per heavy atom. The summed E-state index contributed by atoms with van der Waals surface area (Å²) >= 11 is 0. The molecule has 0 radical (unpaired) electrons. The van der Waals surface area contributed by atoms with E-state index in [2.05, 4.69) is 10.3 Å². The summed E-state index contributed by atoms with van der Waals surface area (Å²) in [6, 6.07) is 11.3. The van der Waals surface area contributed by atoms with E-state index >= 15 is 0 Å². The second-order valence-corrected chi connectivity index (χ2v) is 6.15. The molecule has 6 heteroatoms. The molecular weight excluding hydrogens is 318 g/mol. The minimum Gasteiger partial charge on any atom is -0.464 e. The van der Waals surface area contributed by atoms with Gasteiger partial charge in [0.15, 0.2) is 0 Å². The van der Waals surface area contributed by atoms with Crippen molar-refractivity contribution in [3.63, 3.8) is 0 Å². The summed E-state index contributed by atoms with van der Waals surface area (Å²) in [5.74, 6) is 1.69. The molecule has 1 aromatic carbocycles. The number of hydrogen-bond donors (Lipinski definition) is 2. The van der Waals surface area contributed by atoms with Gasteiger partial charge in [0.25, 0.3) is 0 Å². The third-order valence-corrected chi connectivity index (χ3v) is 4.55. The van der Waals surface area contributed by atoms with Crippen molar-refractivity contribution in [3.8, 4) is 0 Å². The van der Waals surface area contributed by atoms with Gasteiger partial charge in [-0.05, 0) is 36.4 Å². The lowest BCUT2D eigenvalue weighted by Gasteiger charge is -2.34. The fraction of sp³-hybridized carbons (Fsp3) is 0.316. The van der Waals surface area contributed by atoms with Gasteiger partial charge in [-0.3, -0.25) is 0 Å². The number of morpholine rings is 1. The molecule has 1 aliphatic rings. The number of aromatic nitrogens is 1. The number of rotatable bonds is 3. The van der Waals surface area contributed by atoms with Crippen LogP contribution < -0.4 is 5.32 Å². The van der Waals surface area contributed by atoms with E-state index in [1.165, 1.54) is 0 Å². The van der Waals surface area contributed by atoms with E-state index in [9.17, 15) is 4.79 Å². The highest BCUT2D eigenvalue weighted by Gasteiger charge is 2.31. The Kier molecular flexibility index (Phi) is 4.19. The lowest BCUT2D eigenvalue weighted by atomic mass is 10.2. The fourth-order valence-electron chi connectivity index (χ4n) is 3.17. The van der Waals surface area contributed by atoms with Gasteiger partial charge in [-0.2, -0.15) is 0 Å². The number of nitrogens with zero attached hydrogens (tertiary/aromatic N) is 1. The van der Waals surface area contributed by atoms with Crippen molar-refractivity contribution < 1.29 is 13.9 Å². The Morgan fingerprint density at radius 1 is 1.32 bits per heavy atom. The number of ether oxygens (including phenoxy) is 1. The van der Waals surface area contributed by atoms with E-state index in [0.717, 1.165) is 34.5 Å². The third kappa shape index (κ3) is 3.13. The average molecular weight is 339 g/mol. The number of anilines is 1. The van der Waals surface area contributed by atoms with Crippen LogP contribution in [0.25, 0.3) is 10.9 Å². The molecule has 1 saturated heterocycles. The maximum Gasteiger partial charge on any atom is 0.322 e. The number of hydrogen-bond acceptors (Lipinski definition) is 3. The molecule has 1 aliphatic heterocycles. The first-order chi connectivity index (χ1) is 12.2. The minimum absolute atomic E-state index is 0.141. The topological polar surface area (TPSA) is 70.5 Å². The molecule has 0 aliphatic carbocycles. The van der Waals surface area contributed by atoms with Crippen molar-refractivity contribution in [2.45, 2.75) is 19.4 Å². The normalized spacial score (nSPS) is 17.8. The molecule has 130 valence electrons. The number of urea groups is 1. The van der Waals surface area contributed by atoms with E-state index in [4.69, 9.17) is 9.15 Å². The van der Waals surface area contributed by atoms with Crippen LogP contribution in [0.15, 0.2) is 47.0 Å². The van der Waals surface area contributed by atoms with Crippen molar-refractivity contribution in [2.75, 3.05) is 25.1 Å². The number of fused-ring (bicyclic) bond motifs is 1. The van der Waals surface area contributed by atoms with E-state index in [1.807, 2.05) is 49.5 Å². The number of nitrogens with one attached hydrogen (secondary N) is 2. The monoisotopic (exact) mass is 339 g/mol. The number of H-pyrrole nitrogens is 1. The highest BCUT2D eigenvalue weighted by Crippen LogP contribution is 2.27. The first kappa shape index (κ1) is 15.8. The Hall–Kier alpha value is -2.73. The van der Waals surface area contributed by atoms with Crippen molar-refractivity contribution in [3.05, 3.63) is 54.1 Å². The van der Waals surface area contributed by atoms with Gasteiger partial charge in [0, 0.05) is 35.8 Å². The maximum atomic E-state index is 12.8. The molecule has 3 aromatic rings. The highest BCUT2D eigenvalue weighted by molar-refractivity contribution is 5.93. The van der Waals surface area contributed by atoms with Crippen molar-refractivity contribution in [2.24, 2.45) is 0 Å². The van der Waals surface area contributed by atoms with Gasteiger partial charge in [0.05, 0.1) is 13.2 Å². The van der Waals surface area contributed by atoms with Gasteiger partial charge < -0.3 is 24.4 Å². The predicted molar refractivity (Wildman–Crippen MR) is 95.7 cm³/mol. The molecule has 25 heavy (non-hydrogen) atoms. The quantitative estimate of drug-likeness (QED) is 0.759.